The Hall–Kier alpha value is -1.59. The predicted molar refractivity (Wildman–Crippen MR) is 87.8 cm³/mol. The second kappa shape index (κ2) is 8.76. The number of amides is 2. The van der Waals surface area contributed by atoms with Crippen LogP contribution in [0.5, 0.6) is 0 Å². The van der Waals surface area contributed by atoms with Gasteiger partial charge in [-0.05, 0) is 11.5 Å². The normalized spacial score (nSPS) is 17.2. The van der Waals surface area contributed by atoms with Gasteiger partial charge >= 0.3 is 6.03 Å². The van der Waals surface area contributed by atoms with E-state index in [0.717, 1.165) is 38.4 Å². The quantitative estimate of drug-likeness (QED) is 0.845. The van der Waals surface area contributed by atoms with Crippen LogP contribution in [0.15, 0.2) is 30.3 Å². The van der Waals surface area contributed by atoms with Gasteiger partial charge in [0.05, 0.1) is 19.3 Å². The van der Waals surface area contributed by atoms with Crippen molar-refractivity contribution in [2.45, 2.75) is 19.9 Å². The highest BCUT2D eigenvalue weighted by Crippen LogP contribution is 2.15. The van der Waals surface area contributed by atoms with E-state index < -0.39 is 0 Å². The zero-order valence-electron chi connectivity index (χ0n) is 13.5. The van der Waals surface area contributed by atoms with Crippen molar-refractivity contribution < 1.29 is 9.53 Å². The van der Waals surface area contributed by atoms with Crippen molar-refractivity contribution in [2.75, 3.05) is 39.4 Å². The van der Waals surface area contributed by atoms with Gasteiger partial charge in [0.25, 0.3) is 0 Å². The summed E-state index contributed by atoms with van der Waals surface area (Å²) in [5.74, 6) is 0.445. The highest BCUT2D eigenvalue weighted by molar-refractivity contribution is 5.74. The lowest BCUT2D eigenvalue weighted by molar-refractivity contribution is 0.0339. The lowest BCUT2D eigenvalue weighted by atomic mass is 10.1. The highest BCUT2D eigenvalue weighted by atomic mass is 16.5. The van der Waals surface area contributed by atoms with Crippen LogP contribution in [0.3, 0.4) is 0 Å². The topological polar surface area (TPSA) is 53.6 Å². The van der Waals surface area contributed by atoms with Gasteiger partial charge in [0.15, 0.2) is 0 Å². The van der Waals surface area contributed by atoms with Gasteiger partial charge in [-0.1, -0.05) is 44.2 Å². The lowest BCUT2D eigenvalue weighted by Crippen LogP contribution is -2.46. The van der Waals surface area contributed by atoms with E-state index in [2.05, 4.69) is 41.5 Å². The van der Waals surface area contributed by atoms with Crippen molar-refractivity contribution in [2.24, 2.45) is 5.92 Å². The predicted octanol–water partition coefficient (Wildman–Crippen LogP) is 2.02. The Morgan fingerprint density at radius 1 is 1.23 bits per heavy atom. The van der Waals surface area contributed by atoms with Crippen LogP contribution < -0.4 is 10.6 Å². The van der Waals surface area contributed by atoms with E-state index in [1.807, 2.05) is 18.2 Å². The monoisotopic (exact) mass is 305 g/mol. The van der Waals surface area contributed by atoms with Gasteiger partial charge in [0.2, 0.25) is 0 Å². The summed E-state index contributed by atoms with van der Waals surface area (Å²) in [5.41, 5.74) is 1.13. The molecule has 2 N–H and O–H groups in total. The molecule has 1 aromatic carbocycles. The van der Waals surface area contributed by atoms with Gasteiger partial charge in [-0.3, -0.25) is 4.90 Å². The number of hydrogen-bond donors (Lipinski definition) is 2. The molecule has 1 unspecified atom stereocenters. The molecular weight excluding hydrogens is 278 g/mol. The summed E-state index contributed by atoms with van der Waals surface area (Å²) < 4.78 is 5.39. The molecule has 0 bridgehead atoms. The van der Waals surface area contributed by atoms with E-state index in [-0.39, 0.29) is 12.1 Å². The number of urea groups is 1. The summed E-state index contributed by atoms with van der Waals surface area (Å²) >= 11 is 0. The summed E-state index contributed by atoms with van der Waals surface area (Å²) in [5, 5.41) is 6.03. The molecular formula is C17H27N3O2. The number of carbonyl (C=O) groups is 1. The standard InChI is InChI=1S/C17H27N3O2/c1-14(2)12-18-17(21)19-16(15-6-4-3-5-7-15)13-20-8-10-22-11-9-20/h3-7,14,16H,8-13H2,1-2H3,(H2,18,19,21). The first kappa shape index (κ1) is 16.8. The molecule has 0 radical (unpaired) electrons. The third kappa shape index (κ3) is 5.66. The molecule has 0 aromatic heterocycles. The Labute approximate surface area is 133 Å². The SMILES string of the molecule is CC(C)CNC(=O)NC(CN1CCOCC1)c1ccccc1. The van der Waals surface area contributed by atoms with Crippen LogP contribution >= 0.6 is 0 Å². The largest absolute Gasteiger partial charge is 0.379 e. The molecule has 1 atom stereocenters. The van der Waals surface area contributed by atoms with Crippen molar-refractivity contribution in [3.05, 3.63) is 35.9 Å². The molecule has 0 saturated carbocycles. The average molecular weight is 305 g/mol. The van der Waals surface area contributed by atoms with Crippen LogP contribution in [0.1, 0.15) is 25.5 Å². The number of nitrogens with zero attached hydrogens (tertiary/aromatic N) is 1. The Bertz CT molecular complexity index is 444. The molecule has 1 fully saturated rings. The number of nitrogens with one attached hydrogen (secondary N) is 2. The summed E-state index contributed by atoms with van der Waals surface area (Å²) in [6.45, 7) is 9.03. The number of morpholine rings is 1. The fourth-order valence-corrected chi connectivity index (χ4v) is 2.47. The Balaban J connectivity index is 1.96. The minimum atomic E-state index is -0.101. The molecule has 1 aliphatic rings. The number of benzene rings is 1. The first-order chi connectivity index (χ1) is 10.6. The molecule has 1 aliphatic heterocycles. The molecule has 5 heteroatoms. The van der Waals surface area contributed by atoms with Gasteiger partial charge in [0, 0.05) is 26.2 Å². The molecule has 5 nitrogen and oxygen atoms in total. The molecule has 1 saturated heterocycles. The van der Waals surface area contributed by atoms with Gasteiger partial charge in [0.1, 0.15) is 0 Å². The molecule has 0 aliphatic carbocycles. The maximum absolute atomic E-state index is 12.1. The summed E-state index contributed by atoms with van der Waals surface area (Å²) in [6.07, 6.45) is 0. The van der Waals surface area contributed by atoms with Crippen molar-refractivity contribution in [3.63, 3.8) is 0 Å². The van der Waals surface area contributed by atoms with E-state index >= 15 is 0 Å². The van der Waals surface area contributed by atoms with E-state index in [0.29, 0.717) is 12.5 Å². The van der Waals surface area contributed by atoms with E-state index in [1.54, 1.807) is 0 Å². The van der Waals surface area contributed by atoms with Gasteiger partial charge < -0.3 is 15.4 Å². The van der Waals surface area contributed by atoms with Gasteiger partial charge in [-0.2, -0.15) is 0 Å². The second-order valence-electron chi connectivity index (χ2n) is 6.12. The smallest absolute Gasteiger partial charge is 0.315 e. The summed E-state index contributed by atoms with van der Waals surface area (Å²) in [7, 11) is 0. The maximum Gasteiger partial charge on any atom is 0.315 e. The third-order valence-electron chi connectivity index (χ3n) is 3.72. The average Bonchev–Trinajstić information content (AvgIpc) is 2.54. The van der Waals surface area contributed by atoms with Crippen molar-refractivity contribution >= 4 is 6.03 Å². The summed E-state index contributed by atoms with van der Waals surface area (Å²) in [4.78, 5) is 14.4. The second-order valence-corrected chi connectivity index (χ2v) is 6.12. The van der Waals surface area contributed by atoms with Crippen LogP contribution in [-0.4, -0.2) is 50.3 Å². The number of rotatable bonds is 6. The minimum absolute atomic E-state index is 0.00791. The fourth-order valence-electron chi connectivity index (χ4n) is 2.47. The van der Waals surface area contributed by atoms with Crippen LogP contribution in [-0.2, 0) is 4.74 Å². The van der Waals surface area contributed by atoms with Crippen molar-refractivity contribution in [3.8, 4) is 0 Å². The molecule has 22 heavy (non-hydrogen) atoms. The molecule has 2 amide bonds. The number of hydrogen-bond acceptors (Lipinski definition) is 3. The molecule has 0 spiro atoms. The van der Waals surface area contributed by atoms with E-state index in [9.17, 15) is 4.79 Å². The minimum Gasteiger partial charge on any atom is -0.379 e. The van der Waals surface area contributed by atoms with Crippen LogP contribution in [0, 0.1) is 5.92 Å². The van der Waals surface area contributed by atoms with Crippen LogP contribution in [0.4, 0.5) is 4.79 Å². The fraction of sp³-hybridized carbons (Fsp3) is 0.588. The van der Waals surface area contributed by atoms with Gasteiger partial charge in [-0.25, -0.2) is 4.79 Å². The van der Waals surface area contributed by atoms with Crippen molar-refractivity contribution in [1.82, 2.24) is 15.5 Å². The lowest BCUT2D eigenvalue weighted by Gasteiger charge is -2.31. The summed E-state index contributed by atoms with van der Waals surface area (Å²) in [6, 6.07) is 10.0. The van der Waals surface area contributed by atoms with Crippen LogP contribution in [0.2, 0.25) is 0 Å². The zero-order valence-corrected chi connectivity index (χ0v) is 13.5. The van der Waals surface area contributed by atoms with E-state index in [1.165, 1.54) is 0 Å². The molecule has 2 rings (SSSR count). The van der Waals surface area contributed by atoms with Crippen molar-refractivity contribution in [1.29, 1.82) is 0 Å². The Morgan fingerprint density at radius 3 is 2.55 bits per heavy atom. The molecule has 1 aromatic rings. The van der Waals surface area contributed by atoms with Gasteiger partial charge in [-0.15, -0.1) is 0 Å². The Kier molecular flexibility index (Phi) is 6.68. The maximum atomic E-state index is 12.1. The zero-order chi connectivity index (χ0) is 15.8. The highest BCUT2D eigenvalue weighted by Gasteiger charge is 2.20. The third-order valence-corrected chi connectivity index (χ3v) is 3.72. The van der Waals surface area contributed by atoms with Crippen LogP contribution in [0.25, 0.3) is 0 Å². The Morgan fingerprint density at radius 2 is 1.91 bits per heavy atom. The number of carbonyl (C=O) groups excluding carboxylic acids is 1. The first-order valence-electron chi connectivity index (χ1n) is 8.04. The molecule has 122 valence electrons. The van der Waals surface area contributed by atoms with E-state index in [4.69, 9.17) is 4.74 Å². The first-order valence-corrected chi connectivity index (χ1v) is 8.04. The molecule has 1 heterocycles. The number of ether oxygens (including phenoxy) is 1.